The van der Waals surface area contributed by atoms with Crippen LogP contribution >= 0.6 is 0 Å². The van der Waals surface area contributed by atoms with E-state index in [-0.39, 0.29) is 11.5 Å². The van der Waals surface area contributed by atoms with Gasteiger partial charge < -0.3 is 9.47 Å². The van der Waals surface area contributed by atoms with Crippen molar-refractivity contribution < 1.29 is 17.9 Å². The van der Waals surface area contributed by atoms with Gasteiger partial charge in [-0.2, -0.15) is 0 Å². The highest BCUT2D eigenvalue weighted by Gasteiger charge is 2.21. The minimum atomic E-state index is -2.82. The van der Waals surface area contributed by atoms with Crippen molar-refractivity contribution in [3.8, 4) is 5.75 Å². The molecule has 0 radical (unpaired) electrons. The maximum absolute atomic E-state index is 11.5. The highest BCUT2D eigenvalue weighted by Crippen LogP contribution is 2.16. The summed E-state index contributed by atoms with van der Waals surface area (Å²) >= 11 is 0. The second-order valence-corrected chi connectivity index (χ2v) is 8.68. The van der Waals surface area contributed by atoms with E-state index in [0.29, 0.717) is 19.7 Å². The number of sulfone groups is 1. The fraction of sp³-hybridized carbons (Fsp3) is 0.647. The Morgan fingerprint density at radius 1 is 1.04 bits per heavy atom. The molecule has 0 aromatic heterocycles. The highest BCUT2D eigenvalue weighted by atomic mass is 32.2. The van der Waals surface area contributed by atoms with Gasteiger partial charge in [-0.3, -0.25) is 9.80 Å². The average molecular weight is 354 g/mol. The van der Waals surface area contributed by atoms with Gasteiger partial charge in [0.2, 0.25) is 0 Å². The molecule has 134 valence electrons. The number of rotatable bonds is 6. The molecule has 0 N–H and O–H groups in total. The number of hydrogen-bond donors (Lipinski definition) is 0. The van der Waals surface area contributed by atoms with E-state index in [0.717, 1.165) is 50.7 Å². The van der Waals surface area contributed by atoms with Crippen molar-refractivity contribution in [1.29, 1.82) is 0 Å². The zero-order chi connectivity index (χ0) is 16.8. The molecule has 2 saturated heterocycles. The van der Waals surface area contributed by atoms with E-state index >= 15 is 0 Å². The van der Waals surface area contributed by atoms with Gasteiger partial charge in [-0.25, -0.2) is 8.42 Å². The maximum Gasteiger partial charge on any atom is 0.152 e. The third-order valence-corrected chi connectivity index (χ3v) is 6.13. The lowest BCUT2D eigenvalue weighted by molar-refractivity contribution is 0.0322. The summed E-state index contributed by atoms with van der Waals surface area (Å²) in [5.41, 5.74) is 1.16. The molecule has 2 heterocycles. The molecule has 0 bridgehead atoms. The van der Waals surface area contributed by atoms with Gasteiger partial charge in [0.25, 0.3) is 0 Å². The molecule has 2 aliphatic heterocycles. The Kier molecular flexibility index (Phi) is 6.10. The molecule has 0 spiro atoms. The van der Waals surface area contributed by atoms with Gasteiger partial charge in [-0.05, 0) is 17.7 Å². The quantitative estimate of drug-likeness (QED) is 0.747. The molecule has 1 aromatic carbocycles. The predicted molar refractivity (Wildman–Crippen MR) is 93.1 cm³/mol. The number of ether oxygens (including phenoxy) is 2. The first-order valence-electron chi connectivity index (χ1n) is 8.55. The second-order valence-electron chi connectivity index (χ2n) is 6.38. The molecule has 0 aliphatic carbocycles. The van der Waals surface area contributed by atoms with Crippen molar-refractivity contribution >= 4 is 9.84 Å². The third kappa shape index (κ3) is 5.44. The summed E-state index contributed by atoms with van der Waals surface area (Å²) in [7, 11) is -2.82. The summed E-state index contributed by atoms with van der Waals surface area (Å²) in [5.74, 6) is 1.41. The van der Waals surface area contributed by atoms with Crippen molar-refractivity contribution in [2.45, 2.75) is 6.54 Å². The van der Waals surface area contributed by atoms with Crippen LogP contribution in [0.2, 0.25) is 0 Å². The molecule has 1 aromatic rings. The van der Waals surface area contributed by atoms with E-state index in [1.165, 1.54) is 0 Å². The van der Waals surface area contributed by atoms with Crippen molar-refractivity contribution in [3.63, 3.8) is 0 Å². The summed E-state index contributed by atoms with van der Waals surface area (Å²) in [5, 5.41) is 0. The molecule has 2 fully saturated rings. The van der Waals surface area contributed by atoms with E-state index in [9.17, 15) is 8.42 Å². The van der Waals surface area contributed by atoms with E-state index in [4.69, 9.17) is 9.47 Å². The lowest BCUT2D eigenvalue weighted by Crippen LogP contribution is -2.39. The van der Waals surface area contributed by atoms with E-state index < -0.39 is 9.84 Å². The summed E-state index contributed by atoms with van der Waals surface area (Å²) in [6.07, 6.45) is 0. The predicted octanol–water partition coefficient (Wildman–Crippen LogP) is 0.628. The molecule has 3 rings (SSSR count). The Morgan fingerprint density at radius 3 is 2.54 bits per heavy atom. The van der Waals surface area contributed by atoms with Gasteiger partial charge >= 0.3 is 0 Å². The second kappa shape index (κ2) is 8.29. The van der Waals surface area contributed by atoms with E-state index in [2.05, 4.69) is 21.9 Å². The SMILES string of the molecule is O=S1(=O)CCN(Cc2cccc(OCCN3CCOCC3)c2)CC1. The molecule has 24 heavy (non-hydrogen) atoms. The van der Waals surface area contributed by atoms with Crippen LogP contribution < -0.4 is 4.74 Å². The Hall–Kier alpha value is -1.15. The number of nitrogens with zero attached hydrogens (tertiary/aromatic N) is 2. The van der Waals surface area contributed by atoms with E-state index in [1.807, 2.05) is 12.1 Å². The summed E-state index contributed by atoms with van der Waals surface area (Å²) in [6, 6.07) is 8.10. The minimum Gasteiger partial charge on any atom is -0.492 e. The standard InChI is InChI=1S/C17H26N2O4S/c20-24(21)12-7-19(8-13-24)15-16-2-1-3-17(14-16)23-11-6-18-4-9-22-10-5-18/h1-3,14H,4-13,15H2. The Bertz CT molecular complexity index is 615. The Labute approximate surface area is 144 Å². The number of morpholine rings is 1. The smallest absolute Gasteiger partial charge is 0.152 e. The van der Waals surface area contributed by atoms with Gasteiger partial charge in [0, 0.05) is 39.3 Å². The first-order chi connectivity index (χ1) is 11.6. The normalized spacial score (nSPS) is 22.3. The molecule has 0 saturated carbocycles. The van der Waals surface area contributed by atoms with Crippen LogP contribution in [0.15, 0.2) is 24.3 Å². The summed E-state index contributed by atoms with van der Waals surface area (Å²) in [6.45, 7) is 7.15. The number of hydrogen-bond acceptors (Lipinski definition) is 6. The molecule has 7 heteroatoms. The molecular formula is C17H26N2O4S. The summed E-state index contributed by atoms with van der Waals surface area (Å²) < 4.78 is 34.2. The maximum atomic E-state index is 11.5. The minimum absolute atomic E-state index is 0.267. The fourth-order valence-electron chi connectivity index (χ4n) is 3.02. The van der Waals surface area contributed by atoms with Crippen molar-refractivity contribution in [3.05, 3.63) is 29.8 Å². The third-order valence-electron chi connectivity index (χ3n) is 4.52. The Morgan fingerprint density at radius 2 is 1.79 bits per heavy atom. The van der Waals surface area contributed by atoms with Crippen LogP contribution in [0.5, 0.6) is 5.75 Å². The highest BCUT2D eigenvalue weighted by molar-refractivity contribution is 7.91. The van der Waals surface area contributed by atoms with Gasteiger partial charge in [-0.15, -0.1) is 0 Å². The van der Waals surface area contributed by atoms with Gasteiger partial charge in [-0.1, -0.05) is 12.1 Å². The topological polar surface area (TPSA) is 59.1 Å². The summed E-state index contributed by atoms with van der Waals surface area (Å²) in [4.78, 5) is 4.54. The lowest BCUT2D eigenvalue weighted by Gasteiger charge is -2.27. The van der Waals surface area contributed by atoms with Crippen LogP contribution in [0.3, 0.4) is 0 Å². The van der Waals surface area contributed by atoms with Crippen LogP contribution in [0.4, 0.5) is 0 Å². The van der Waals surface area contributed by atoms with Crippen LogP contribution in [0, 0.1) is 0 Å². The molecule has 6 nitrogen and oxygen atoms in total. The number of benzene rings is 1. The van der Waals surface area contributed by atoms with Crippen molar-refractivity contribution in [2.24, 2.45) is 0 Å². The molecule has 0 unspecified atom stereocenters. The zero-order valence-corrected chi connectivity index (χ0v) is 14.8. The van der Waals surface area contributed by atoms with Crippen molar-refractivity contribution in [2.75, 3.05) is 64.1 Å². The molecule has 0 amide bonds. The monoisotopic (exact) mass is 354 g/mol. The van der Waals surface area contributed by atoms with E-state index in [1.54, 1.807) is 0 Å². The first kappa shape index (κ1) is 17.7. The van der Waals surface area contributed by atoms with Gasteiger partial charge in [0.1, 0.15) is 12.4 Å². The average Bonchev–Trinajstić information content (AvgIpc) is 2.58. The van der Waals surface area contributed by atoms with Gasteiger partial charge in [0.15, 0.2) is 9.84 Å². The lowest BCUT2D eigenvalue weighted by atomic mass is 10.2. The Balaban J connectivity index is 1.45. The van der Waals surface area contributed by atoms with Crippen molar-refractivity contribution in [1.82, 2.24) is 9.80 Å². The molecular weight excluding hydrogens is 328 g/mol. The largest absolute Gasteiger partial charge is 0.492 e. The zero-order valence-electron chi connectivity index (χ0n) is 14.0. The van der Waals surface area contributed by atoms with Crippen LogP contribution in [0.25, 0.3) is 0 Å². The van der Waals surface area contributed by atoms with Crippen LogP contribution in [-0.4, -0.2) is 82.3 Å². The molecule has 2 aliphatic rings. The van der Waals surface area contributed by atoms with Gasteiger partial charge in [0.05, 0.1) is 24.7 Å². The van der Waals surface area contributed by atoms with Crippen LogP contribution in [-0.2, 0) is 21.1 Å². The molecule has 0 atom stereocenters. The first-order valence-corrected chi connectivity index (χ1v) is 10.4. The fourth-order valence-corrected chi connectivity index (χ4v) is 4.29. The van der Waals surface area contributed by atoms with Crippen LogP contribution in [0.1, 0.15) is 5.56 Å².